The molecule has 1 aromatic heterocycles. The minimum absolute atomic E-state index is 0.287. The van der Waals surface area contributed by atoms with Gasteiger partial charge in [0.25, 0.3) is 0 Å². The Bertz CT molecular complexity index is 574. The van der Waals surface area contributed by atoms with Crippen LogP contribution in [0.15, 0.2) is 18.2 Å². The molecule has 0 aliphatic heterocycles. The van der Waals surface area contributed by atoms with E-state index < -0.39 is 0 Å². The molecular formula is C13H16FN5. The monoisotopic (exact) mass is 261 g/mol. The fourth-order valence-corrected chi connectivity index (χ4v) is 2.84. The standard InChI is InChI=1S/C13H16FN5/c1-8-3-2-4-12(8)19-13(16-17-18-19)9-5-10(14)7-11(15)6-9/h5-8,12H,2-4,15H2,1H3. The molecule has 19 heavy (non-hydrogen) atoms. The summed E-state index contributed by atoms with van der Waals surface area (Å²) >= 11 is 0. The Balaban J connectivity index is 2.04. The molecule has 2 aromatic rings. The average molecular weight is 261 g/mol. The number of nitrogens with two attached hydrogens (primary N) is 1. The highest BCUT2D eigenvalue weighted by atomic mass is 19.1. The second-order valence-corrected chi connectivity index (χ2v) is 5.20. The van der Waals surface area contributed by atoms with Crippen LogP contribution in [0, 0.1) is 11.7 Å². The fraction of sp³-hybridized carbons (Fsp3) is 0.462. The number of halogens is 1. The summed E-state index contributed by atoms with van der Waals surface area (Å²) < 4.78 is 15.3. The van der Waals surface area contributed by atoms with Crippen LogP contribution in [-0.2, 0) is 0 Å². The molecule has 0 amide bonds. The van der Waals surface area contributed by atoms with Crippen molar-refractivity contribution in [3.63, 3.8) is 0 Å². The second kappa shape index (κ2) is 4.60. The van der Waals surface area contributed by atoms with Crippen molar-refractivity contribution < 1.29 is 4.39 Å². The zero-order chi connectivity index (χ0) is 13.4. The Labute approximate surface area is 110 Å². The van der Waals surface area contributed by atoms with Gasteiger partial charge < -0.3 is 5.73 Å². The molecule has 5 nitrogen and oxygen atoms in total. The summed E-state index contributed by atoms with van der Waals surface area (Å²) in [6.07, 6.45) is 3.41. The number of hydrogen-bond donors (Lipinski definition) is 1. The molecule has 1 aromatic carbocycles. The lowest BCUT2D eigenvalue weighted by Gasteiger charge is -2.16. The lowest BCUT2D eigenvalue weighted by atomic mass is 10.1. The van der Waals surface area contributed by atoms with Crippen LogP contribution in [-0.4, -0.2) is 20.2 Å². The number of aromatic nitrogens is 4. The summed E-state index contributed by atoms with van der Waals surface area (Å²) in [6.45, 7) is 2.20. The highest BCUT2D eigenvalue weighted by molar-refractivity contribution is 5.61. The van der Waals surface area contributed by atoms with Gasteiger partial charge in [-0.15, -0.1) is 5.10 Å². The van der Waals surface area contributed by atoms with E-state index in [1.54, 1.807) is 6.07 Å². The quantitative estimate of drug-likeness (QED) is 0.843. The van der Waals surface area contributed by atoms with Gasteiger partial charge in [-0.05, 0) is 47.4 Å². The van der Waals surface area contributed by atoms with Gasteiger partial charge in [0.1, 0.15) is 5.82 Å². The van der Waals surface area contributed by atoms with Gasteiger partial charge >= 0.3 is 0 Å². The minimum atomic E-state index is -0.371. The number of benzene rings is 1. The molecule has 2 N–H and O–H groups in total. The van der Waals surface area contributed by atoms with Crippen LogP contribution in [0.1, 0.15) is 32.2 Å². The Hall–Kier alpha value is -1.98. The van der Waals surface area contributed by atoms with E-state index in [9.17, 15) is 4.39 Å². The molecule has 1 heterocycles. The van der Waals surface area contributed by atoms with Crippen LogP contribution in [0.4, 0.5) is 10.1 Å². The summed E-state index contributed by atoms with van der Waals surface area (Å²) in [5.74, 6) is 0.752. The van der Waals surface area contributed by atoms with Crippen molar-refractivity contribution in [1.82, 2.24) is 20.2 Å². The minimum Gasteiger partial charge on any atom is -0.399 e. The molecular weight excluding hydrogens is 245 g/mol. The topological polar surface area (TPSA) is 69.6 Å². The highest BCUT2D eigenvalue weighted by Gasteiger charge is 2.28. The molecule has 100 valence electrons. The SMILES string of the molecule is CC1CCCC1n1nnnc1-c1cc(N)cc(F)c1. The van der Waals surface area contributed by atoms with Gasteiger partial charge in [-0.3, -0.25) is 0 Å². The molecule has 1 aliphatic carbocycles. The molecule has 0 bridgehead atoms. The largest absolute Gasteiger partial charge is 0.399 e. The second-order valence-electron chi connectivity index (χ2n) is 5.20. The normalized spacial score (nSPS) is 22.8. The van der Waals surface area contributed by atoms with E-state index in [-0.39, 0.29) is 11.9 Å². The van der Waals surface area contributed by atoms with Gasteiger partial charge in [0, 0.05) is 11.3 Å². The maximum Gasteiger partial charge on any atom is 0.182 e. The van der Waals surface area contributed by atoms with Crippen LogP contribution in [0.3, 0.4) is 0 Å². The number of hydrogen-bond acceptors (Lipinski definition) is 4. The van der Waals surface area contributed by atoms with Crippen molar-refractivity contribution in [3.8, 4) is 11.4 Å². The maximum atomic E-state index is 13.4. The Morgan fingerprint density at radius 2 is 2.16 bits per heavy atom. The van der Waals surface area contributed by atoms with E-state index in [0.29, 0.717) is 23.0 Å². The summed E-state index contributed by atoms with van der Waals surface area (Å²) in [5.41, 5.74) is 6.68. The van der Waals surface area contributed by atoms with E-state index >= 15 is 0 Å². The van der Waals surface area contributed by atoms with Crippen molar-refractivity contribution in [2.24, 2.45) is 5.92 Å². The molecule has 1 aliphatic rings. The van der Waals surface area contributed by atoms with Crippen LogP contribution in [0.2, 0.25) is 0 Å². The van der Waals surface area contributed by atoms with E-state index in [1.165, 1.54) is 25.0 Å². The first kappa shape index (κ1) is 12.1. The van der Waals surface area contributed by atoms with Crippen molar-refractivity contribution >= 4 is 5.69 Å². The highest BCUT2D eigenvalue weighted by Crippen LogP contribution is 2.36. The van der Waals surface area contributed by atoms with Gasteiger partial charge in [-0.2, -0.15) is 0 Å². The summed E-state index contributed by atoms with van der Waals surface area (Å²) in [7, 11) is 0. The van der Waals surface area contributed by atoms with Gasteiger partial charge in [-0.25, -0.2) is 9.07 Å². The Morgan fingerprint density at radius 3 is 2.84 bits per heavy atom. The third kappa shape index (κ3) is 2.18. The average Bonchev–Trinajstić information content (AvgIpc) is 2.95. The number of nitrogens with zero attached hydrogens (tertiary/aromatic N) is 4. The molecule has 1 saturated carbocycles. The van der Waals surface area contributed by atoms with Gasteiger partial charge in [0.15, 0.2) is 5.82 Å². The van der Waals surface area contributed by atoms with Crippen molar-refractivity contribution in [2.45, 2.75) is 32.2 Å². The third-order valence-corrected chi connectivity index (χ3v) is 3.80. The van der Waals surface area contributed by atoms with Gasteiger partial charge in [-0.1, -0.05) is 13.3 Å². The third-order valence-electron chi connectivity index (χ3n) is 3.80. The van der Waals surface area contributed by atoms with Crippen molar-refractivity contribution in [2.75, 3.05) is 5.73 Å². The Kier molecular flexibility index (Phi) is 2.93. The van der Waals surface area contributed by atoms with Gasteiger partial charge in [0.05, 0.1) is 6.04 Å². The molecule has 6 heteroatoms. The van der Waals surface area contributed by atoms with Crippen LogP contribution in [0.25, 0.3) is 11.4 Å². The van der Waals surface area contributed by atoms with E-state index in [1.807, 2.05) is 4.68 Å². The van der Waals surface area contributed by atoms with Crippen molar-refractivity contribution in [1.29, 1.82) is 0 Å². The summed E-state index contributed by atoms with van der Waals surface area (Å²) in [5, 5.41) is 11.8. The van der Waals surface area contributed by atoms with Gasteiger partial charge in [0.2, 0.25) is 0 Å². The summed E-state index contributed by atoms with van der Waals surface area (Å²) in [4.78, 5) is 0. The van der Waals surface area contributed by atoms with Crippen molar-refractivity contribution in [3.05, 3.63) is 24.0 Å². The first-order chi connectivity index (χ1) is 9.15. The lowest BCUT2D eigenvalue weighted by Crippen LogP contribution is -2.14. The van der Waals surface area contributed by atoms with Crippen LogP contribution < -0.4 is 5.73 Å². The van der Waals surface area contributed by atoms with Crippen LogP contribution in [0.5, 0.6) is 0 Å². The zero-order valence-corrected chi connectivity index (χ0v) is 10.8. The molecule has 2 unspecified atom stereocenters. The fourth-order valence-electron chi connectivity index (χ4n) is 2.84. The number of nitrogen functional groups attached to an aromatic ring is 1. The number of rotatable bonds is 2. The zero-order valence-electron chi connectivity index (χ0n) is 10.8. The molecule has 0 spiro atoms. The van der Waals surface area contributed by atoms with E-state index in [0.717, 1.165) is 6.42 Å². The summed E-state index contributed by atoms with van der Waals surface area (Å²) in [6, 6.07) is 4.69. The smallest absolute Gasteiger partial charge is 0.182 e. The number of anilines is 1. The maximum absolute atomic E-state index is 13.4. The number of tetrazole rings is 1. The molecule has 0 saturated heterocycles. The van der Waals surface area contributed by atoms with E-state index in [2.05, 4.69) is 22.4 Å². The first-order valence-corrected chi connectivity index (χ1v) is 6.49. The Morgan fingerprint density at radius 1 is 1.32 bits per heavy atom. The molecule has 1 fully saturated rings. The van der Waals surface area contributed by atoms with Crippen LogP contribution >= 0.6 is 0 Å². The first-order valence-electron chi connectivity index (χ1n) is 6.49. The van der Waals surface area contributed by atoms with E-state index in [4.69, 9.17) is 5.73 Å². The lowest BCUT2D eigenvalue weighted by molar-refractivity contribution is 0.370. The predicted octanol–water partition coefficient (Wildman–Crippen LogP) is 2.42. The predicted molar refractivity (Wildman–Crippen MR) is 69.7 cm³/mol. The molecule has 3 rings (SSSR count). The molecule has 0 radical (unpaired) electrons. The molecule has 2 atom stereocenters.